The van der Waals surface area contributed by atoms with Crippen LogP contribution in [0.5, 0.6) is 0 Å². The molecule has 0 fully saturated rings. The largest absolute Gasteiger partial charge is 0.317 e. The highest BCUT2D eigenvalue weighted by Crippen LogP contribution is 2.26. The van der Waals surface area contributed by atoms with Crippen molar-refractivity contribution in [1.29, 1.82) is 0 Å². The highest BCUT2D eigenvalue weighted by atomic mass is 32.2. The van der Waals surface area contributed by atoms with Crippen LogP contribution in [-0.2, 0) is 0 Å². The molecule has 0 N–H and O–H groups in total. The van der Waals surface area contributed by atoms with Crippen molar-refractivity contribution >= 4 is 23.7 Å². The molecule has 1 aliphatic heterocycles. The lowest BCUT2D eigenvalue weighted by atomic mass is 10.2. The zero-order valence-electron chi connectivity index (χ0n) is 8.92. The Labute approximate surface area is 94.7 Å². The van der Waals surface area contributed by atoms with Crippen LogP contribution in [0.4, 0.5) is 5.69 Å². The lowest BCUT2D eigenvalue weighted by Gasteiger charge is -2.29. The molecule has 1 unspecified atom stereocenters. The molecule has 2 rings (SSSR count). The Kier molecular flexibility index (Phi) is 3.11. The number of benzene rings is 1. The third kappa shape index (κ3) is 2.23. The lowest BCUT2D eigenvalue weighted by molar-refractivity contribution is 0.899. The SMILES string of the molecule is CSC1N=CC(C)=CN1c1ccccc1. The number of hydrogen-bond acceptors (Lipinski definition) is 3. The Balaban J connectivity index is 2.31. The van der Waals surface area contributed by atoms with Crippen LogP contribution in [0, 0.1) is 0 Å². The summed E-state index contributed by atoms with van der Waals surface area (Å²) in [5.74, 6) is 0. The number of rotatable bonds is 2. The van der Waals surface area contributed by atoms with Gasteiger partial charge in [0, 0.05) is 18.1 Å². The molecule has 0 radical (unpaired) electrons. The number of anilines is 1. The molecule has 1 aromatic rings. The van der Waals surface area contributed by atoms with Gasteiger partial charge < -0.3 is 4.90 Å². The minimum atomic E-state index is 0.163. The molecule has 0 aliphatic carbocycles. The van der Waals surface area contributed by atoms with Crippen LogP contribution >= 0.6 is 11.8 Å². The van der Waals surface area contributed by atoms with Crippen molar-refractivity contribution in [1.82, 2.24) is 0 Å². The molecule has 78 valence electrons. The van der Waals surface area contributed by atoms with E-state index in [0.717, 1.165) is 0 Å². The third-order valence-corrected chi connectivity index (χ3v) is 3.02. The molecule has 0 saturated heterocycles. The molecule has 3 heteroatoms. The minimum Gasteiger partial charge on any atom is -0.317 e. The molecule has 1 heterocycles. The molecule has 0 amide bonds. The Morgan fingerprint density at radius 2 is 2.00 bits per heavy atom. The number of allylic oxidation sites excluding steroid dienone is 1. The van der Waals surface area contributed by atoms with E-state index >= 15 is 0 Å². The smallest absolute Gasteiger partial charge is 0.172 e. The molecule has 2 nitrogen and oxygen atoms in total. The molecule has 1 aliphatic rings. The van der Waals surface area contributed by atoms with Gasteiger partial charge in [0.15, 0.2) is 5.50 Å². The van der Waals surface area contributed by atoms with Crippen LogP contribution in [-0.4, -0.2) is 18.0 Å². The van der Waals surface area contributed by atoms with Crippen molar-refractivity contribution < 1.29 is 0 Å². The lowest BCUT2D eigenvalue weighted by Crippen LogP contribution is -2.29. The van der Waals surface area contributed by atoms with Crippen LogP contribution in [0.3, 0.4) is 0 Å². The summed E-state index contributed by atoms with van der Waals surface area (Å²) in [4.78, 5) is 6.68. The highest BCUT2D eigenvalue weighted by molar-refractivity contribution is 7.99. The second kappa shape index (κ2) is 4.53. The fraction of sp³-hybridized carbons (Fsp3) is 0.250. The number of nitrogens with zero attached hydrogens (tertiary/aromatic N) is 2. The summed E-state index contributed by atoms with van der Waals surface area (Å²) in [6, 6.07) is 10.3. The average molecular weight is 218 g/mol. The average Bonchev–Trinajstić information content (AvgIpc) is 2.30. The van der Waals surface area contributed by atoms with E-state index in [4.69, 9.17) is 0 Å². The molecule has 0 bridgehead atoms. The van der Waals surface area contributed by atoms with Crippen LogP contribution in [0.25, 0.3) is 0 Å². The van der Waals surface area contributed by atoms with Gasteiger partial charge in [-0.1, -0.05) is 18.2 Å². The maximum atomic E-state index is 4.48. The van der Waals surface area contributed by atoms with Gasteiger partial charge >= 0.3 is 0 Å². The maximum absolute atomic E-state index is 4.48. The van der Waals surface area contributed by atoms with Gasteiger partial charge in [-0.05, 0) is 30.9 Å². The van der Waals surface area contributed by atoms with E-state index in [1.54, 1.807) is 11.8 Å². The predicted octanol–water partition coefficient (Wildman–Crippen LogP) is 3.13. The Hall–Kier alpha value is -1.22. The van der Waals surface area contributed by atoms with E-state index in [9.17, 15) is 0 Å². The Bertz CT molecular complexity index is 384. The summed E-state index contributed by atoms with van der Waals surface area (Å²) in [5, 5.41) is 0. The van der Waals surface area contributed by atoms with Gasteiger partial charge in [0.05, 0.1) is 0 Å². The second-order valence-electron chi connectivity index (χ2n) is 3.46. The van der Waals surface area contributed by atoms with Crippen molar-refractivity contribution in [3.63, 3.8) is 0 Å². The first kappa shape index (κ1) is 10.3. The normalized spacial score (nSPS) is 20.3. The van der Waals surface area contributed by atoms with Gasteiger partial charge in [0.2, 0.25) is 0 Å². The molecule has 0 saturated carbocycles. The van der Waals surface area contributed by atoms with Gasteiger partial charge in [0.1, 0.15) is 0 Å². The maximum Gasteiger partial charge on any atom is 0.172 e. The summed E-state index contributed by atoms with van der Waals surface area (Å²) in [5.41, 5.74) is 2.54. The molecule has 0 aromatic heterocycles. The molecule has 15 heavy (non-hydrogen) atoms. The quantitative estimate of drug-likeness (QED) is 0.758. The number of para-hydroxylation sites is 1. The van der Waals surface area contributed by atoms with Crippen molar-refractivity contribution in [2.75, 3.05) is 11.2 Å². The topological polar surface area (TPSA) is 15.6 Å². The summed E-state index contributed by atoms with van der Waals surface area (Å²) >= 11 is 1.73. The zero-order valence-corrected chi connectivity index (χ0v) is 9.74. The van der Waals surface area contributed by atoms with Crippen molar-refractivity contribution in [2.24, 2.45) is 4.99 Å². The number of aliphatic imine (C=N–C) groups is 1. The van der Waals surface area contributed by atoms with Gasteiger partial charge in [-0.15, -0.1) is 11.8 Å². The van der Waals surface area contributed by atoms with E-state index in [1.807, 2.05) is 24.4 Å². The van der Waals surface area contributed by atoms with Crippen LogP contribution < -0.4 is 4.90 Å². The first-order valence-corrected chi connectivity index (χ1v) is 6.18. The predicted molar refractivity (Wildman–Crippen MR) is 68.5 cm³/mol. The standard InChI is InChI=1S/C12H14N2S/c1-10-8-13-12(15-2)14(9-10)11-6-4-3-5-7-11/h3-9,12H,1-2H3. The third-order valence-electron chi connectivity index (χ3n) is 2.25. The molecule has 1 aromatic carbocycles. The van der Waals surface area contributed by atoms with Gasteiger partial charge in [-0.25, -0.2) is 0 Å². The van der Waals surface area contributed by atoms with Crippen molar-refractivity contribution in [2.45, 2.75) is 12.4 Å². The van der Waals surface area contributed by atoms with Gasteiger partial charge in [-0.3, -0.25) is 4.99 Å². The summed E-state index contributed by atoms with van der Waals surface area (Å²) in [6.07, 6.45) is 6.15. The van der Waals surface area contributed by atoms with E-state index in [-0.39, 0.29) is 5.50 Å². The molecular formula is C12H14N2S. The summed E-state index contributed by atoms with van der Waals surface area (Å²) in [7, 11) is 0. The second-order valence-corrected chi connectivity index (χ2v) is 4.35. The first-order chi connectivity index (χ1) is 7.31. The molecular weight excluding hydrogens is 204 g/mol. The molecule has 0 spiro atoms. The fourth-order valence-electron chi connectivity index (χ4n) is 1.55. The van der Waals surface area contributed by atoms with Crippen LogP contribution in [0.2, 0.25) is 0 Å². The highest BCUT2D eigenvalue weighted by Gasteiger charge is 2.17. The minimum absolute atomic E-state index is 0.163. The fourth-order valence-corrected chi connectivity index (χ4v) is 2.14. The zero-order chi connectivity index (χ0) is 10.7. The Morgan fingerprint density at radius 3 is 2.67 bits per heavy atom. The van der Waals surface area contributed by atoms with Crippen LogP contribution in [0.15, 0.2) is 47.1 Å². The summed E-state index contributed by atoms with van der Waals surface area (Å²) < 4.78 is 0. The number of hydrogen-bond donors (Lipinski definition) is 0. The van der Waals surface area contributed by atoms with Crippen molar-refractivity contribution in [3.8, 4) is 0 Å². The van der Waals surface area contributed by atoms with Crippen LogP contribution in [0.1, 0.15) is 6.92 Å². The first-order valence-electron chi connectivity index (χ1n) is 4.89. The Morgan fingerprint density at radius 1 is 1.27 bits per heavy atom. The van der Waals surface area contributed by atoms with E-state index in [2.05, 4.69) is 41.4 Å². The van der Waals surface area contributed by atoms with E-state index in [0.29, 0.717) is 0 Å². The number of thioether (sulfide) groups is 1. The molecule has 1 atom stereocenters. The monoisotopic (exact) mass is 218 g/mol. The van der Waals surface area contributed by atoms with E-state index in [1.165, 1.54) is 11.3 Å². The van der Waals surface area contributed by atoms with Crippen molar-refractivity contribution in [3.05, 3.63) is 42.1 Å². The van der Waals surface area contributed by atoms with E-state index < -0.39 is 0 Å². The van der Waals surface area contributed by atoms with Gasteiger partial charge in [-0.2, -0.15) is 0 Å². The summed E-state index contributed by atoms with van der Waals surface area (Å²) in [6.45, 7) is 2.07. The van der Waals surface area contributed by atoms with Gasteiger partial charge in [0.25, 0.3) is 0 Å².